The molecule has 0 radical (unpaired) electrons. The van der Waals surface area contributed by atoms with Crippen molar-refractivity contribution in [1.82, 2.24) is 29.7 Å². The number of esters is 1. The van der Waals surface area contributed by atoms with Crippen LogP contribution in [0, 0.1) is 0 Å². The zero-order valence-corrected chi connectivity index (χ0v) is 25.4. The number of aryl methyl sites for hydroxylation is 1. The first kappa shape index (κ1) is 32.9. The summed E-state index contributed by atoms with van der Waals surface area (Å²) in [7, 11) is 2.93. The summed E-state index contributed by atoms with van der Waals surface area (Å²) in [4.78, 5) is 33.0. The van der Waals surface area contributed by atoms with E-state index in [0.29, 0.717) is 36.1 Å². The van der Waals surface area contributed by atoms with Crippen LogP contribution in [0.2, 0.25) is 5.28 Å². The van der Waals surface area contributed by atoms with E-state index < -0.39 is 35.5 Å². The molecule has 0 amide bonds. The SMILES string of the molecule is CCC1CC(N(Cc2cc(C(F)(F)F)cc(C(F)(F)F)c2)c2ncc(-c3cnn(C)c3)cn2)CN1c1nc(Cl)ncc1C(=O)OC. The van der Waals surface area contributed by atoms with Gasteiger partial charge in [-0.05, 0) is 48.2 Å². The molecule has 1 aromatic carbocycles. The maximum atomic E-state index is 13.7. The zero-order valence-electron chi connectivity index (χ0n) is 24.6. The van der Waals surface area contributed by atoms with Crippen LogP contribution in [0.15, 0.2) is 49.2 Å². The van der Waals surface area contributed by atoms with Crippen molar-refractivity contribution in [2.45, 2.75) is 50.7 Å². The van der Waals surface area contributed by atoms with Crippen molar-refractivity contribution in [2.24, 2.45) is 7.05 Å². The van der Waals surface area contributed by atoms with Crippen molar-refractivity contribution in [3.8, 4) is 11.1 Å². The van der Waals surface area contributed by atoms with E-state index in [2.05, 4.69) is 25.0 Å². The number of benzene rings is 1. The van der Waals surface area contributed by atoms with Gasteiger partial charge in [-0.3, -0.25) is 4.68 Å². The summed E-state index contributed by atoms with van der Waals surface area (Å²) in [5.74, 6) is -0.443. The Labute approximate surface area is 264 Å². The Hall–Kier alpha value is -4.47. The Morgan fingerprint density at radius 1 is 1.00 bits per heavy atom. The zero-order chi connectivity index (χ0) is 33.4. The van der Waals surface area contributed by atoms with Gasteiger partial charge in [-0.2, -0.15) is 36.4 Å². The van der Waals surface area contributed by atoms with Crippen molar-refractivity contribution in [2.75, 3.05) is 23.5 Å². The quantitative estimate of drug-likeness (QED) is 0.123. The third-order valence-electron chi connectivity index (χ3n) is 7.65. The molecule has 0 saturated carbocycles. The minimum atomic E-state index is -5.02. The number of methoxy groups -OCH3 is 1. The fourth-order valence-corrected chi connectivity index (χ4v) is 5.58. The van der Waals surface area contributed by atoms with Crippen LogP contribution in [0.3, 0.4) is 0 Å². The number of hydrogen-bond acceptors (Lipinski definition) is 9. The predicted octanol–water partition coefficient (Wildman–Crippen LogP) is 6.21. The Balaban J connectivity index is 1.58. The number of carbonyl (C=O) groups excluding carboxylic acids is 1. The fraction of sp³-hybridized carbons (Fsp3) is 0.379. The second-order valence-electron chi connectivity index (χ2n) is 10.7. The molecule has 1 saturated heterocycles. The highest BCUT2D eigenvalue weighted by Gasteiger charge is 2.40. The van der Waals surface area contributed by atoms with Crippen molar-refractivity contribution in [3.63, 3.8) is 0 Å². The lowest BCUT2D eigenvalue weighted by molar-refractivity contribution is -0.143. The number of aromatic nitrogens is 6. The topological polar surface area (TPSA) is 102 Å². The van der Waals surface area contributed by atoms with Crippen LogP contribution in [0.25, 0.3) is 11.1 Å². The van der Waals surface area contributed by atoms with Crippen molar-refractivity contribution >= 4 is 29.3 Å². The molecule has 2 unspecified atom stereocenters. The van der Waals surface area contributed by atoms with Gasteiger partial charge in [0.2, 0.25) is 11.2 Å². The average Bonchev–Trinajstić information content (AvgIpc) is 3.65. The largest absolute Gasteiger partial charge is 0.465 e. The van der Waals surface area contributed by atoms with Gasteiger partial charge in [0, 0.05) is 62.1 Å². The number of ether oxygens (including phenoxy) is 1. The van der Waals surface area contributed by atoms with Gasteiger partial charge in [-0.1, -0.05) is 6.92 Å². The summed E-state index contributed by atoms with van der Waals surface area (Å²) in [6, 6.07) is 0.664. The van der Waals surface area contributed by atoms with Gasteiger partial charge in [0.15, 0.2) is 0 Å². The smallest absolute Gasteiger partial charge is 0.416 e. The highest BCUT2D eigenvalue weighted by atomic mass is 35.5. The molecule has 1 aliphatic heterocycles. The maximum absolute atomic E-state index is 13.7. The number of rotatable bonds is 8. The van der Waals surface area contributed by atoms with E-state index >= 15 is 0 Å². The normalized spacial score (nSPS) is 17.0. The van der Waals surface area contributed by atoms with Gasteiger partial charge < -0.3 is 14.5 Å². The molecule has 5 rings (SSSR count). The average molecular weight is 669 g/mol. The third-order valence-corrected chi connectivity index (χ3v) is 7.84. The van der Waals surface area contributed by atoms with Crippen LogP contribution in [0.4, 0.5) is 38.1 Å². The lowest BCUT2D eigenvalue weighted by atomic mass is 10.0. The summed E-state index contributed by atoms with van der Waals surface area (Å²) >= 11 is 6.09. The van der Waals surface area contributed by atoms with Crippen molar-refractivity contribution in [3.05, 3.63) is 76.7 Å². The fourth-order valence-electron chi connectivity index (χ4n) is 5.45. The van der Waals surface area contributed by atoms with Crippen LogP contribution >= 0.6 is 11.6 Å². The van der Waals surface area contributed by atoms with E-state index in [1.165, 1.54) is 25.7 Å². The first-order valence-corrected chi connectivity index (χ1v) is 14.3. The van der Waals surface area contributed by atoms with Gasteiger partial charge in [0.25, 0.3) is 0 Å². The second-order valence-corrected chi connectivity index (χ2v) is 11.0. The molecule has 46 heavy (non-hydrogen) atoms. The van der Waals surface area contributed by atoms with E-state index in [0.717, 1.165) is 0 Å². The summed E-state index contributed by atoms with van der Waals surface area (Å²) < 4.78 is 88.8. The molecule has 3 aromatic heterocycles. The molecule has 17 heteroatoms. The molecule has 10 nitrogen and oxygen atoms in total. The third kappa shape index (κ3) is 7.00. The lowest BCUT2D eigenvalue weighted by Gasteiger charge is -2.30. The number of halogens is 7. The molecule has 4 heterocycles. The Kier molecular flexibility index (Phi) is 9.11. The summed E-state index contributed by atoms with van der Waals surface area (Å²) in [5.41, 5.74) is -1.74. The molecular weight excluding hydrogens is 642 g/mol. The number of nitrogens with zero attached hydrogens (tertiary/aromatic N) is 8. The van der Waals surface area contributed by atoms with Crippen molar-refractivity contribution < 1.29 is 35.9 Å². The Morgan fingerprint density at radius 2 is 1.65 bits per heavy atom. The summed E-state index contributed by atoms with van der Waals surface area (Å²) in [6.07, 6.45) is -1.53. The van der Waals surface area contributed by atoms with Crippen LogP contribution in [0.1, 0.15) is 46.8 Å². The highest BCUT2D eigenvalue weighted by molar-refractivity contribution is 6.28. The molecule has 1 fully saturated rings. The molecule has 0 aliphatic carbocycles. The molecule has 244 valence electrons. The van der Waals surface area contributed by atoms with E-state index in [9.17, 15) is 31.1 Å². The van der Waals surface area contributed by atoms with Gasteiger partial charge in [0.1, 0.15) is 11.4 Å². The number of hydrogen-bond donors (Lipinski definition) is 0. The van der Waals surface area contributed by atoms with Gasteiger partial charge >= 0.3 is 18.3 Å². The number of alkyl halides is 6. The summed E-state index contributed by atoms with van der Waals surface area (Å²) in [6.45, 7) is 1.66. The first-order chi connectivity index (χ1) is 21.7. The molecule has 0 N–H and O–H groups in total. The standard InChI is InChI=1S/C29H27ClF6N8O2/c1-4-21-8-22(15-43(21)24-23(25(45)46-3)12-37-26(30)41-24)44(27-38-9-17(10-39-27)18-11-40-42(2)14-18)13-16-5-19(28(31,32)33)7-20(6-16)29(34,35)36/h5-7,9-12,14,21-22H,4,8,13,15H2,1-3H3. The highest BCUT2D eigenvalue weighted by Crippen LogP contribution is 2.38. The maximum Gasteiger partial charge on any atom is 0.416 e. The monoisotopic (exact) mass is 668 g/mol. The number of carbonyl (C=O) groups is 1. The molecule has 1 aliphatic rings. The van der Waals surface area contributed by atoms with E-state index in [-0.39, 0.29) is 53.4 Å². The van der Waals surface area contributed by atoms with Crippen LogP contribution < -0.4 is 9.80 Å². The molecule has 4 aromatic rings. The first-order valence-electron chi connectivity index (χ1n) is 13.9. The molecule has 2 atom stereocenters. The predicted molar refractivity (Wildman–Crippen MR) is 155 cm³/mol. The van der Waals surface area contributed by atoms with E-state index in [1.807, 2.05) is 6.92 Å². The van der Waals surface area contributed by atoms with E-state index in [1.54, 1.807) is 33.9 Å². The van der Waals surface area contributed by atoms with E-state index in [4.69, 9.17) is 16.3 Å². The lowest BCUT2D eigenvalue weighted by Crippen LogP contribution is -2.39. The minimum absolute atomic E-state index is 0.0438. The molecule has 0 bridgehead atoms. The minimum Gasteiger partial charge on any atom is -0.465 e. The van der Waals surface area contributed by atoms with Gasteiger partial charge in [-0.25, -0.2) is 19.7 Å². The van der Waals surface area contributed by atoms with Gasteiger partial charge in [0.05, 0.1) is 30.5 Å². The summed E-state index contributed by atoms with van der Waals surface area (Å²) in [5, 5.41) is 3.99. The molecule has 0 spiro atoms. The Bertz CT molecular complexity index is 1680. The molecular formula is C29H27ClF6N8O2. The number of anilines is 2. The van der Waals surface area contributed by atoms with Crippen molar-refractivity contribution in [1.29, 1.82) is 0 Å². The van der Waals surface area contributed by atoms with Crippen LogP contribution in [-0.4, -0.2) is 61.4 Å². The van der Waals surface area contributed by atoms with Crippen LogP contribution in [0.5, 0.6) is 0 Å². The second kappa shape index (κ2) is 12.7. The van der Waals surface area contributed by atoms with Gasteiger partial charge in [-0.15, -0.1) is 0 Å². The Morgan fingerprint density at radius 3 is 2.20 bits per heavy atom. The van der Waals surface area contributed by atoms with Crippen LogP contribution in [-0.2, 0) is 30.7 Å².